The number of nitrogens with one attached hydrogen (secondary N) is 1. The lowest BCUT2D eigenvalue weighted by Crippen LogP contribution is -2.16. The Kier molecular flexibility index (Phi) is 4.48. The van der Waals surface area contributed by atoms with Crippen molar-refractivity contribution in [2.45, 2.75) is 6.36 Å². The van der Waals surface area contributed by atoms with E-state index in [1.54, 1.807) is 24.3 Å². The first-order chi connectivity index (χ1) is 12.3. The second-order valence-electron chi connectivity index (χ2n) is 5.00. The highest BCUT2D eigenvalue weighted by molar-refractivity contribution is 5.87. The minimum Gasteiger partial charge on any atom is -0.476 e. The van der Waals surface area contributed by atoms with Crippen LogP contribution in [0.25, 0.3) is 11.1 Å². The van der Waals surface area contributed by atoms with Gasteiger partial charge in [0.25, 0.3) is 5.88 Å². The Balaban J connectivity index is 1.73. The molecule has 0 saturated carbocycles. The molecule has 0 saturated heterocycles. The third-order valence-corrected chi connectivity index (χ3v) is 3.22. The van der Waals surface area contributed by atoms with E-state index in [1.807, 2.05) is 0 Å². The van der Waals surface area contributed by atoms with Crippen LogP contribution in [0.1, 0.15) is 10.5 Å². The van der Waals surface area contributed by atoms with E-state index in [4.69, 9.17) is 9.84 Å². The van der Waals surface area contributed by atoms with E-state index < -0.39 is 12.3 Å². The molecule has 2 aromatic carbocycles. The van der Waals surface area contributed by atoms with Gasteiger partial charge in [0.2, 0.25) is 5.69 Å². The van der Waals surface area contributed by atoms with Gasteiger partial charge in [0.05, 0.1) is 0 Å². The Morgan fingerprint density at radius 1 is 0.962 bits per heavy atom. The summed E-state index contributed by atoms with van der Waals surface area (Å²) in [5.74, 6) is -1.43. The number of halogens is 3. The molecular formula is C16H10F3N3O4. The number of aromatic nitrogens is 3. The highest BCUT2D eigenvalue weighted by atomic mass is 19.4. The molecule has 0 radical (unpaired) electrons. The van der Waals surface area contributed by atoms with Gasteiger partial charge in [-0.3, -0.25) is 0 Å². The van der Waals surface area contributed by atoms with Crippen molar-refractivity contribution in [2.75, 3.05) is 0 Å². The Labute approximate surface area is 144 Å². The topological polar surface area (TPSA) is 97.3 Å². The maximum atomic E-state index is 12.2. The van der Waals surface area contributed by atoms with Crippen LogP contribution in [0.15, 0.2) is 48.5 Å². The summed E-state index contributed by atoms with van der Waals surface area (Å²) in [6.45, 7) is 0. The van der Waals surface area contributed by atoms with Crippen LogP contribution in [0, 0.1) is 0 Å². The largest absolute Gasteiger partial charge is 0.573 e. The number of rotatable bonds is 5. The van der Waals surface area contributed by atoms with Crippen molar-refractivity contribution < 1.29 is 32.5 Å². The van der Waals surface area contributed by atoms with Gasteiger partial charge < -0.3 is 14.6 Å². The summed E-state index contributed by atoms with van der Waals surface area (Å²) in [6, 6.07) is 11.8. The number of H-pyrrole nitrogens is 1. The summed E-state index contributed by atoms with van der Waals surface area (Å²) in [5.41, 5.74) is 1.10. The molecule has 134 valence electrons. The van der Waals surface area contributed by atoms with E-state index >= 15 is 0 Å². The standard InChI is InChI=1S/C16H10F3N3O4/c17-16(18,19)26-12-7-3-10(4-8-12)9-1-5-11(6-2-9)25-14-13(15(23)24)20-22-21-14/h1-8H,(H,23,24)(H,20,21,22). The summed E-state index contributed by atoms with van der Waals surface area (Å²) < 4.78 is 45.6. The normalized spacial score (nSPS) is 11.2. The quantitative estimate of drug-likeness (QED) is 0.713. The van der Waals surface area contributed by atoms with Crippen molar-refractivity contribution in [1.82, 2.24) is 15.4 Å². The molecule has 3 aromatic rings. The van der Waals surface area contributed by atoms with Crippen molar-refractivity contribution in [3.63, 3.8) is 0 Å². The predicted octanol–water partition coefficient (Wildman–Crippen LogP) is 3.86. The molecular weight excluding hydrogens is 355 g/mol. The summed E-state index contributed by atoms with van der Waals surface area (Å²) in [6.07, 6.45) is -4.74. The second-order valence-corrected chi connectivity index (χ2v) is 5.00. The molecule has 26 heavy (non-hydrogen) atoms. The average Bonchev–Trinajstić information content (AvgIpc) is 3.03. The lowest BCUT2D eigenvalue weighted by molar-refractivity contribution is -0.274. The number of carbonyl (C=O) groups is 1. The fourth-order valence-corrected chi connectivity index (χ4v) is 2.11. The number of nitrogens with zero attached hydrogens (tertiary/aromatic N) is 2. The lowest BCUT2D eigenvalue weighted by Gasteiger charge is -2.09. The molecule has 0 atom stereocenters. The number of aromatic amines is 1. The van der Waals surface area contributed by atoms with E-state index in [0.717, 1.165) is 5.56 Å². The molecule has 1 aromatic heterocycles. The minimum absolute atomic E-state index is 0.182. The van der Waals surface area contributed by atoms with Crippen LogP contribution < -0.4 is 9.47 Å². The van der Waals surface area contributed by atoms with Crippen LogP contribution in [-0.2, 0) is 0 Å². The van der Waals surface area contributed by atoms with E-state index in [1.165, 1.54) is 24.3 Å². The SMILES string of the molecule is O=C(O)c1[nH]nnc1Oc1ccc(-c2ccc(OC(F)(F)F)cc2)cc1. The zero-order valence-corrected chi connectivity index (χ0v) is 12.8. The number of aromatic carboxylic acids is 1. The maximum Gasteiger partial charge on any atom is 0.573 e. The Morgan fingerprint density at radius 2 is 1.50 bits per heavy atom. The first-order valence-corrected chi connectivity index (χ1v) is 7.10. The van der Waals surface area contributed by atoms with Crippen LogP contribution in [0.5, 0.6) is 17.4 Å². The first-order valence-electron chi connectivity index (χ1n) is 7.10. The smallest absolute Gasteiger partial charge is 0.476 e. The third-order valence-electron chi connectivity index (χ3n) is 3.22. The molecule has 2 N–H and O–H groups in total. The van der Waals surface area contributed by atoms with Crippen molar-refractivity contribution in [1.29, 1.82) is 0 Å². The number of hydrogen-bond acceptors (Lipinski definition) is 5. The van der Waals surface area contributed by atoms with Crippen molar-refractivity contribution in [3.8, 4) is 28.5 Å². The van der Waals surface area contributed by atoms with E-state index in [0.29, 0.717) is 11.3 Å². The maximum absolute atomic E-state index is 12.2. The van der Waals surface area contributed by atoms with Crippen LogP contribution in [0.4, 0.5) is 13.2 Å². The Bertz CT molecular complexity index is 906. The summed E-state index contributed by atoms with van der Waals surface area (Å²) in [4.78, 5) is 11.0. The first kappa shape index (κ1) is 17.3. The number of carboxylic acid groups (broad SMARTS) is 1. The van der Waals surface area contributed by atoms with Crippen molar-refractivity contribution in [2.24, 2.45) is 0 Å². The molecule has 0 bridgehead atoms. The van der Waals surface area contributed by atoms with Gasteiger partial charge in [-0.2, -0.15) is 0 Å². The van der Waals surface area contributed by atoms with Gasteiger partial charge in [-0.1, -0.05) is 34.6 Å². The molecule has 0 amide bonds. The molecule has 10 heteroatoms. The van der Waals surface area contributed by atoms with Crippen LogP contribution in [0.3, 0.4) is 0 Å². The molecule has 0 spiro atoms. The zero-order chi connectivity index (χ0) is 18.7. The number of carboxylic acids is 1. The molecule has 1 heterocycles. The highest BCUT2D eigenvalue weighted by Crippen LogP contribution is 2.28. The van der Waals surface area contributed by atoms with Gasteiger partial charge in [0.15, 0.2) is 0 Å². The number of benzene rings is 2. The van der Waals surface area contributed by atoms with Crippen molar-refractivity contribution >= 4 is 5.97 Å². The number of ether oxygens (including phenoxy) is 2. The molecule has 0 fully saturated rings. The van der Waals surface area contributed by atoms with Gasteiger partial charge in [-0.05, 0) is 35.4 Å². The van der Waals surface area contributed by atoms with Crippen molar-refractivity contribution in [3.05, 3.63) is 54.2 Å². The lowest BCUT2D eigenvalue weighted by atomic mass is 10.1. The van der Waals surface area contributed by atoms with Gasteiger partial charge in [0.1, 0.15) is 11.5 Å². The number of alkyl halides is 3. The predicted molar refractivity (Wildman–Crippen MR) is 82.0 cm³/mol. The Morgan fingerprint density at radius 3 is 2.00 bits per heavy atom. The fourth-order valence-electron chi connectivity index (χ4n) is 2.11. The fraction of sp³-hybridized carbons (Fsp3) is 0.0625. The van der Waals surface area contributed by atoms with Gasteiger partial charge in [0, 0.05) is 0 Å². The van der Waals surface area contributed by atoms with Gasteiger partial charge in [-0.25, -0.2) is 9.89 Å². The highest BCUT2D eigenvalue weighted by Gasteiger charge is 2.30. The molecule has 0 unspecified atom stereocenters. The summed E-state index contributed by atoms with van der Waals surface area (Å²) in [5, 5.41) is 18.1. The van der Waals surface area contributed by atoms with Gasteiger partial charge in [-0.15, -0.1) is 13.2 Å². The van der Waals surface area contributed by atoms with Crippen LogP contribution in [0.2, 0.25) is 0 Å². The molecule has 0 aliphatic rings. The zero-order valence-electron chi connectivity index (χ0n) is 12.8. The molecule has 3 rings (SSSR count). The summed E-state index contributed by atoms with van der Waals surface area (Å²) in [7, 11) is 0. The van der Waals surface area contributed by atoms with E-state index in [9.17, 15) is 18.0 Å². The third kappa shape index (κ3) is 4.09. The molecule has 0 aliphatic carbocycles. The van der Waals surface area contributed by atoms with Crippen LogP contribution in [-0.4, -0.2) is 32.8 Å². The molecule has 0 aliphatic heterocycles. The monoisotopic (exact) mass is 365 g/mol. The second kappa shape index (κ2) is 6.75. The van der Waals surface area contributed by atoms with E-state index in [2.05, 4.69) is 20.1 Å². The van der Waals surface area contributed by atoms with Crippen LogP contribution >= 0.6 is 0 Å². The summed E-state index contributed by atoms with van der Waals surface area (Å²) >= 11 is 0. The Hall–Kier alpha value is -3.56. The van der Waals surface area contributed by atoms with E-state index in [-0.39, 0.29) is 17.3 Å². The number of hydrogen-bond donors (Lipinski definition) is 2. The van der Waals surface area contributed by atoms with Gasteiger partial charge >= 0.3 is 12.3 Å². The minimum atomic E-state index is -4.74. The average molecular weight is 365 g/mol. The molecule has 7 nitrogen and oxygen atoms in total.